The highest BCUT2D eigenvalue weighted by Crippen LogP contribution is 2.20. The Bertz CT molecular complexity index is 368. The number of nitrogens with one attached hydrogen (secondary N) is 1. The minimum Gasteiger partial charge on any atom is -0.305 e. The molecule has 1 aromatic heterocycles. The maximum absolute atomic E-state index is 5.72. The molecule has 1 atom stereocenters. The molecule has 15 heavy (non-hydrogen) atoms. The second kappa shape index (κ2) is 4.81. The molecule has 0 aromatic carbocycles. The number of hydrogen-bond donors (Lipinski definition) is 1. The Hall–Kier alpha value is -0.800. The SMILES string of the molecule is C=C(Cl)CNC(C)c1c(C)nn(C)c1C. The van der Waals surface area contributed by atoms with Crippen LogP contribution in [-0.2, 0) is 7.05 Å². The van der Waals surface area contributed by atoms with Crippen LogP contribution < -0.4 is 5.32 Å². The van der Waals surface area contributed by atoms with E-state index in [9.17, 15) is 0 Å². The lowest BCUT2D eigenvalue weighted by Gasteiger charge is -2.14. The van der Waals surface area contributed by atoms with E-state index in [1.54, 1.807) is 0 Å². The van der Waals surface area contributed by atoms with Crippen LogP contribution in [0.25, 0.3) is 0 Å². The standard InChI is InChI=1S/C11H18ClN3/c1-7(12)6-13-8(2)11-9(3)14-15(5)10(11)4/h8,13H,1,6H2,2-5H3. The molecule has 3 nitrogen and oxygen atoms in total. The lowest BCUT2D eigenvalue weighted by Crippen LogP contribution is -2.20. The summed E-state index contributed by atoms with van der Waals surface area (Å²) in [7, 11) is 1.96. The molecule has 4 heteroatoms. The first-order valence-electron chi connectivity index (χ1n) is 5.00. The van der Waals surface area contributed by atoms with E-state index in [1.807, 2.05) is 18.7 Å². The van der Waals surface area contributed by atoms with Crippen molar-refractivity contribution in [3.63, 3.8) is 0 Å². The third kappa shape index (κ3) is 2.83. The summed E-state index contributed by atoms with van der Waals surface area (Å²) < 4.78 is 1.90. The summed E-state index contributed by atoms with van der Waals surface area (Å²) in [6.07, 6.45) is 0. The number of rotatable bonds is 4. The Morgan fingerprint density at radius 3 is 2.60 bits per heavy atom. The minimum absolute atomic E-state index is 0.245. The predicted molar refractivity (Wildman–Crippen MR) is 64.1 cm³/mol. The average molecular weight is 228 g/mol. The van der Waals surface area contributed by atoms with Gasteiger partial charge in [-0.1, -0.05) is 18.2 Å². The van der Waals surface area contributed by atoms with E-state index in [0.717, 1.165) is 5.69 Å². The van der Waals surface area contributed by atoms with Gasteiger partial charge in [-0.2, -0.15) is 5.10 Å². The Morgan fingerprint density at radius 1 is 1.60 bits per heavy atom. The van der Waals surface area contributed by atoms with Crippen LogP contribution in [0.4, 0.5) is 0 Å². The fourth-order valence-corrected chi connectivity index (χ4v) is 1.86. The second-order valence-corrected chi connectivity index (χ2v) is 4.36. The zero-order chi connectivity index (χ0) is 11.6. The van der Waals surface area contributed by atoms with Crippen molar-refractivity contribution in [1.82, 2.24) is 15.1 Å². The highest BCUT2D eigenvalue weighted by molar-refractivity contribution is 6.29. The molecule has 1 aromatic rings. The van der Waals surface area contributed by atoms with E-state index in [4.69, 9.17) is 11.6 Å². The number of halogens is 1. The van der Waals surface area contributed by atoms with Gasteiger partial charge in [-0.05, 0) is 20.8 Å². The molecule has 0 aliphatic carbocycles. The first-order chi connectivity index (χ1) is 6.93. The Kier molecular flexibility index (Phi) is 3.94. The number of nitrogens with zero attached hydrogens (tertiary/aromatic N) is 2. The number of aryl methyl sites for hydroxylation is 2. The second-order valence-electron chi connectivity index (χ2n) is 3.83. The molecule has 0 amide bonds. The summed E-state index contributed by atoms with van der Waals surface area (Å²) in [6, 6.07) is 0.245. The molecule has 0 radical (unpaired) electrons. The molecule has 0 bridgehead atoms. The highest BCUT2D eigenvalue weighted by atomic mass is 35.5. The number of hydrogen-bond acceptors (Lipinski definition) is 2. The smallest absolute Gasteiger partial charge is 0.0644 e. The summed E-state index contributed by atoms with van der Waals surface area (Å²) in [4.78, 5) is 0. The fraction of sp³-hybridized carbons (Fsp3) is 0.545. The Balaban J connectivity index is 2.81. The normalized spacial score (nSPS) is 12.9. The van der Waals surface area contributed by atoms with Crippen molar-refractivity contribution in [2.45, 2.75) is 26.8 Å². The van der Waals surface area contributed by atoms with Crippen molar-refractivity contribution in [1.29, 1.82) is 0 Å². The molecule has 1 N–H and O–H groups in total. The molecule has 84 valence electrons. The average Bonchev–Trinajstić information content (AvgIpc) is 2.37. The van der Waals surface area contributed by atoms with Crippen LogP contribution in [0.2, 0.25) is 0 Å². The molecule has 0 spiro atoms. The van der Waals surface area contributed by atoms with Crippen molar-refractivity contribution in [3.05, 3.63) is 28.6 Å². The van der Waals surface area contributed by atoms with Gasteiger partial charge in [0.2, 0.25) is 0 Å². The molecular formula is C11H18ClN3. The van der Waals surface area contributed by atoms with Gasteiger partial charge in [0, 0.05) is 35.9 Å². The van der Waals surface area contributed by atoms with Gasteiger partial charge in [0.1, 0.15) is 0 Å². The van der Waals surface area contributed by atoms with Crippen molar-refractivity contribution in [3.8, 4) is 0 Å². The van der Waals surface area contributed by atoms with Crippen LogP contribution in [0.15, 0.2) is 11.6 Å². The first-order valence-corrected chi connectivity index (χ1v) is 5.38. The number of aromatic nitrogens is 2. The van der Waals surface area contributed by atoms with E-state index in [2.05, 4.69) is 30.8 Å². The van der Waals surface area contributed by atoms with Crippen LogP contribution in [-0.4, -0.2) is 16.3 Å². The topological polar surface area (TPSA) is 29.9 Å². The van der Waals surface area contributed by atoms with Gasteiger partial charge >= 0.3 is 0 Å². The predicted octanol–water partition coefficient (Wildman–Crippen LogP) is 2.44. The molecular weight excluding hydrogens is 210 g/mol. The van der Waals surface area contributed by atoms with Gasteiger partial charge < -0.3 is 5.32 Å². The van der Waals surface area contributed by atoms with E-state index in [0.29, 0.717) is 11.6 Å². The lowest BCUT2D eigenvalue weighted by molar-refractivity contribution is 0.606. The minimum atomic E-state index is 0.245. The van der Waals surface area contributed by atoms with Crippen LogP contribution in [0.3, 0.4) is 0 Å². The molecule has 1 unspecified atom stereocenters. The largest absolute Gasteiger partial charge is 0.305 e. The Morgan fingerprint density at radius 2 is 2.20 bits per heavy atom. The zero-order valence-electron chi connectivity index (χ0n) is 9.76. The molecule has 1 heterocycles. The summed E-state index contributed by atoms with van der Waals surface area (Å²) in [6.45, 7) is 10.5. The third-order valence-electron chi connectivity index (χ3n) is 2.60. The van der Waals surface area contributed by atoms with E-state index < -0.39 is 0 Å². The van der Waals surface area contributed by atoms with Crippen LogP contribution >= 0.6 is 11.6 Å². The van der Waals surface area contributed by atoms with Crippen LogP contribution in [0.5, 0.6) is 0 Å². The fourth-order valence-electron chi connectivity index (χ4n) is 1.78. The molecule has 1 rings (SSSR count). The van der Waals surface area contributed by atoms with Crippen molar-refractivity contribution in [2.24, 2.45) is 7.05 Å². The summed E-state index contributed by atoms with van der Waals surface area (Å²) in [5, 5.41) is 8.31. The molecule has 0 saturated carbocycles. The summed E-state index contributed by atoms with van der Waals surface area (Å²) in [5.41, 5.74) is 3.50. The van der Waals surface area contributed by atoms with Crippen LogP contribution in [0, 0.1) is 13.8 Å². The van der Waals surface area contributed by atoms with E-state index >= 15 is 0 Å². The van der Waals surface area contributed by atoms with Gasteiger partial charge in [-0.25, -0.2) is 0 Å². The monoisotopic (exact) mass is 227 g/mol. The van der Waals surface area contributed by atoms with Crippen molar-refractivity contribution < 1.29 is 0 Å². The van der Waals surface area contributed by atoms with Crippen molar-refractivity contribution in [2.75, 3.05) is 6.54 Å². The lowest BCUT2D eigenvalue weighted by atomic mass is 10.1. The maximum atomic E-state index is 5.72. The third-order valence-corrected chi connectivity index (χ3v) is 2.73. The van der Waals surface area contributed by atoms with Crippen molar-refractivity contribution >= 4 is 11.6 Å². The molecule has 0 saturated heterocycles. The van der Waals surface area contributed by atoms with Crippen LogP contribution in [0.1, 0.15) is 29.9 Å². The van der Waals surface area contributed by atoms with Gasteiger partial charge in [0.25, 0.3) is 0 Å². The van der Waals surface area contributed by atoms with Gasteiger partial charge in [-0.15, -0.1) is 0 Å². The first kappa shape index (κ1) is 12.3. The van der Waals surface area contributed by atoms with E-state index in [-0.39, 0.29) is 6.04 Å². The molecule has 0 aliphatic heterocycles. The zero-order valence-corrected chi connectivity index (χ0v) is 10.5. The van der Waals surface area contributed by atoms with Gasteiger partial charge in [0.15, 0.2) is 0 Å². The quantitative estimate of drug-likeness (QED) is 0.857. The van der Waals surface area contributed by atoms with E-state index in [1.165, 1.54) is 11.3 Å². The maximum Gasteiger partial charge on any atom is 0.0644 e. The molecule has 0 fully saturated rings. The summed E-state index contributed by atoms with van der Waals surface area (Å²) >= 11 is 5.72. The van der Waals surface area contributed by atoms with Gasteiger partial charge in [-0.3, -0.25) is 4.68 Å². The highest BCUT2D eigenvalue weighted by Gasteiger charge is 2.15. The molecule has 0 aliphatic rings. The van der Waals surface area contributed by atoms with Gasteiger partial charge in [0.05, 0.1) is 5.69 Å². The Labute approximate surface area is 96.1 Å². The summed E-state index contributed by atoms with van der Waals surface area (Å²) in [5.74, 6) is 0.